The number of rotatable bonds is 0. The van der Waals surface area contributed by atoms with Gasteiger partial charge in [0.15, 0.2) is 0 Å². The Bertz CT molecular complexity index is 708. The van der Waals surface area contributed by atoms with Crippen molar-refractivity contribution in [1.29, 1.82) is 0 Å². The molecule has 1 amide bonds. The third-order valence-corrected chi connectivity index (χ3v) is 4.27. The lowest BCUT2D eigenvalue weighted by molar-refractivity contribution is -0.117. The number of amides is 1. The maximum atomic E-state index is 12.3. The summed E-state index contributed by atoms with van der Waals surface area (Å²) in [5, 5.41) is 3.04. The molecule has 2 heterocycles. The van der Waals surface area contributed by atoms with E-state index in [9.17, 15) is 4.79 Å². The summed E-state index contributed by atoms with van der Waals surface area (Å²) < 4.78 is 0. The van der Waals surface area contributed by atoms with Gasteiger partial charge in [0.1, 0.15) is 6.04 Å². The lowest BCUT2D eigenvalue weighted by Crippen LogP contribution is -2.51. The van der Waals surface area contributed by atoms with E-state index in [2.05, 4.69) is 41.4 Å². The zero-order valence-corrected chi connectivity index (χ0v) is 11.4. The number of carbonyl (C=O) groups excluding carboxylic acids is 1. The van der Waals surface area contributed by atoms with Crippen LogP contribution in [0.1, 0.15) is 16.7 Å². The summed E-state index contributed by atoms with van der Waals surface area (Å²) in [5.41, 5.74) is 5.91. The van der Waals surface area contributed by atoms with Crippen LogP contribution in [0.3, 0.4) is 0 Å². The number of aryl methyl sites for hydroxylation is 1. The Hall–Kier alpha value is -2.29. The molecule has 20 heavy (non-hydrogen) atoms. The largest absolute Gasteiger partial charge is 0.353 e. The number of nitrogens with zero attached hydrogens (tertiary/aromatic N) is 1. The normalized spacial score (nSPS) is 19.8. The number of nitrogens with one attached hydrogen (secondary N) is 1. The average Bonchev–Trinajstić information content (AvgIpc) is 2.47. The molecule has 1 atom stereocenters. The summed E-state index contributed by atoms with van der Waals surface area (Å²) in [6.45, 7) is 2.90. The highest BCUT2D eigenvalue weighted by atomic mass is 16.2. The van der Waals surface area contributed by atoms with Gasteiger partial charge in [0.05, 0.1) is 11.4 Å². The van der Waals surface area contributed by atoms with Crippen molar-refractivity contribution in [3.63, 3.8) is 0 Å². The first kappa shape index (κ1) is 11.5. The van der Waals surface area contributed by atoms with Crippen molar-refractivity contribution in [2.75, 3.05) is 10.2 Å². The fourth-order valence-corrected chi connectivity index (χ4v) is 3.21. The molecule has 0 saturated heterocycles. The zero-order valence-electron chi connectivity index (χ0n) is 11.4. The zero-order chi connectivity index (χ0) is 13.7. The first-order valence-corrected chi connectivity index (χ1v) is 6.97. The van der Waals surface area contributed by atoms with Crippen molar-refractivity contribution in [3.8, 4) is 0 Å². The average molecular weight is 264 g/mol. The fraction of sp³-hybridized carbons (Fsp3) is 0.235. The van der Waals surface area contributed by atoms with Gasteiger partial charge in [-0.1, -0.05) is 30.3 Å². The van der Waals surface area contributed by atoms with Crippen molar-refractivity contribution in [1.82, 2.24) is 0 Å². The molecular formula is C17H16N2O. The maximum Gasteiger partial charge on any atom is 0.247 e. The van der Waals surface area contributed by atoms with Crippen LogP contribution >= 0.6 is 0 Å². The minimum absolute atomic E-state index is 0.0841. The highest BCUT2D eigenvalue weighted by Crippen LogP contribution is 2.37. The van der Waals surface area contributed by atoms with Gasteiger partial charge in [-0.15, -0.1) is 0 Å². The predicted molar refractivity (Wildman–Crippen MR) is 79.9 cm³/mol. The van der Waals surface area contributed by atoms with Crippen LogP contribution in [-0.4, -0.2) is 11.9 Å². The molecule has 4 rings (SSSR count). The summed E-state index contributed by atoms with van der Waals surface area (Å²) >= 11 is 0. The lowest BCUT2D eigenvalue weighted by atomic mass is 9.91. The van der Waals surface area contributed by atoms with E-state index in [0.29, 0.717) is 0 Å². The molecule has 0 fully saturated rings. The summed E-state index contributed by atoms with van der Waals surface area (Å²) in [5.74, 6) is 0.107. The van der Waals surface area contributed by atoms with Crippen LogP contribution in [0.15, 0.2) is 42.5 Å². The van der Waals surface area contributed by atoms with Gasteiger partial charge in [-0.2, -0.15) is 0 Å². The van der Waals surface area contributed by atoms with Gasteiger partial charge < -0.3 is 10.2 Å². The molecule has 2 aliphatic rings. The van der Waals surface area contributed by atoms with E-state index in [1.165, 1.54) is 16.7 Å². The van der Waals surface area contributed by atoms with Crippen LogP contribution in [0.2, 0.25) is 0 Å². The SMILES string of the molecule is Cc1ccc2c(c1)N1Cc3ccccc3CC1C(=O)N2. The van der Waals surface area contributed by atoms with Crippen LogP contribution in [0.4, 0.5) is 11.4 Å². The molecule has 0 radical (unpaired) electrons. The van der Waals surface area contributed by atoms with E-state index in [-0.39, 0.29) is 11.9 Å². The van der Waals surface area contributed by atoms with Crippen LogP contribution in [0, 0.1) is 6.92 Å². The highest BCUT2D eigenvalue weighted by Gasteiger charge is 2.36. The van der Waals surface area contributed by atoms with E-state index in [1.54, 1.807) is 0 Å². The summed E-state index contributed by atoms with van der Waals surface area (Å²) in [6.07, 6.45) is 0.787. The van der Waals surface area contributed by atoms with Crippen LogP contribution in [0.25, 0.3) is 0 Å². The van der Waals surface area contributed by atoms with E-state index in [0.717, 1.165) is 24.3 Å². The minimum Gasteiger partial charge on any atom is -0.353 e. The number of anilines is 2. The molecule has 2 aromatic rings. The number of benzene rings is 2. The Morgan fingerprint density at radius 3 is 2.80 bits per heavy atom. The Kier molecular flexibility index (Phi) is 2.36. The Morgan fingerprint density at radius 2 is 1.95 bits per heavy atom. The van der Waals surface area contributed by atoms with Gasteiger partial charge in [-0.3, -0.25) is 4.79 Å². The molecule has 2 aromatic carbocycles. The molecule has 0 saturated carbocycles. The topological polar surface area (TPSA) is 32.3 Å². The van der Waals surface area contributed by atoms with Crippen molar-refractivity contribution in [2.24, 2.45) is 0 Å². The van der Waals surface area contributed by atoms with Crippen molar-refractivity contribution >= 4 is 17.3 Å². The highest BCUT2D eigenvalue weighted by molar-refractivity contribution is 6.04. The molecule has 1 unspecified atom stereocenters. The predicted octanol–water partition coefficient (Wildman–Crippen LogP) is 2.88. The number of hydrogen-bond donors (Lipinski definition) is 1. The van der Waals surface area contributed by atoms with Gasteiger partial charge in [-0.25, -0.2) is 0 Å². The van der Waals surface area contributed by atoms with Crippen molar-refractivity contribution < 1.29 is 4.79 Å². The Balaban J connectivity index is 1.84. The second kappa shape index (κ2) is 4.10. The molecule has 3 nitrogen and oxygen atoms in total. The first-order chi connectivity index (χ1) is 9.72. The summed E-state index contributed by atoms with van der Waals surface area (Å²) in [6, 6.07) is 14.5. The standard InChI is InChI=1S/C17H16N2O/c1-11-6-7-14-15(8-11)19-10-13-5-3-2-4-12(13)9-16(19)17(20)18-14/h2-8,16H,9-10H2,1H3,(H,18,20). The Labute approximate surface area is 118 Å². The minimum atomic E-state index is -0.0841. The van der Waals surface area contributed by atoms with Gasteiger partial charge >= 0.3 is 0 Å². The molecule has 0 aliphatic carbocycles. The summed E-state index contributed by atoms with van der Waals surface area (Å²) in [7, 11) is 0. The van der Waals surface area contributed by atoms with E-state index in [4.69, 9.17) is 0 Å². The number of carbonyl (C=O) groups is 1. The van der Waals surface area contributed by atoms with Crippen molar-refractivity contribution in [2.45, 2.75) is 25.9 Å². The molecule has 0 bridgehead atoms. The van der Waals surface area contributed by atoms with Gasteiger partial charge in [-0.05, 0) is 35.7 Å². The smallest absolute Gasteiger partial charge is 0.247 e. The van der Waals surface area contributed by atoms with Gasteiger partial charge in [0, 0.05) is 13.0 Å². The number of hydrogen-bond acceptors (Lipinski definition) is 2. The molecule has 100 valence electrons. The lowest BCUT2D eigenvalue weighted by Gasteiger charge is -2.42. The van der Waals surface area contributed by atoms with Crippen LogP contribution in [0.5, 0.6) is 0 Å². The molecule has 0 aromatic heterocycles. The van der Waals surface area contributed by atoms with E-state index >= 15 is 0 Å². The third kappa shape index (κ3) is 1.63. The number of fused-ring (bicyclic) bond motifs is 4. The fourth-order valence-electron chi connectivity index (χ4n) is 3.21. The molecule has 2 aliphatic heterocycles. The van der Waals surface area contributed by atoms with Gasteiger partial charge in [0.2, 0.25) is 5.91 Å². The quantitative estimate of drug-likeness (QED) is 0.793. The maximum absolute atomic E-state index is 12.3. The van der Waals surface area contributed by atoms with E-state index < -0.39 is 0 Å². The summed E-state index contributed by atoms with van der Waals surface area (Å²) in [4.78, 5) is 14.6. The molecule has 1 N–H and O–H groups in total. The first-order valence-electron chi connectivity index (χ1n) is 6.97. The Morgan fingerprint density at radius 1 is 1.15 bits per heavy atom. The molecule has 0 spiro atoms. The monoisotopic (exact) mass is 264 g/mol. The molecular weight excluding hydrogens is 248 g/mol. The van der Waals surface area contributed by atoms with Crippen molar-refractivity contribution in [3.05, 3.63) is 59.2 Å². The van der Waals surface area contributed by atoms with Crippen LogP contribution in [-0.2, 0) is 17.8 Å². The van der Waals surface area contributed by atoms with Crippen LogP contribution < -0.4 is 10.2 Å². The third-order valence-electron chi connectivity index (χ3n) is 4.27. The van der Waals surface area contributed by atoms with E-state index in [1.807, 2.05) is 18.2 Å². The second-order valence-electron chi connectivity index (χ2n) is 5.63. The molecule has 3 heteroatoms. The second-order valence-corrected chi connectivity index (χ2v) is 5.63. The van der Waals surface area contributed by atoms with Gasteiger partial charge in [0.25, 0.3) is 0 Å².